The molecule has 0 unspecified atom stereocenters. The van der Waals surface area contributed by atoms with Gasteiger partial charge in [0.05, 0.1) is 12.8 Å². The average Bonchev–Trinajstić information content (AvgIpc) is 3.31. The summed E-state index contributed by atoms with van der Waals surface area (Å²) in [5.74, 6) is -0.366. The minimum atomic E-state index is -0.991. The van der Waals surface area contributed by atoms with E-state index in [1.54, 1.807) is 25.3 Å². The third-order valence-corrected chi connectivity index (χ3v) is 4.53. The second-order valence-electron chi connectivity index (χ2n) is 5.97. The normalized spacial score (nSPS) is 15.7. The molecular weight excluding hydrogens is 338 g/mol. The van der Waals surface area contributed by atoms with Crippen LogP contribution in [0.25, 0.3) is 16.8 Å². The number of rotatable bonds is 4. The van der Waals surface area contributed by atoms with Crippen LogP contribution >= 0.6 is 0 Å². The van der Waals surface area contributed by atoms with E-state index in [0.717, 1.165) is 5.56 Å². The summed E-state index contributed by atoms with van der Waals surface area (Å²) in [5.41, 5.74) is 2.43. The molecule has 132 valence electrons. The number of pyridine rings is 1. The zero-order chi connectivity index (χ0) is 18.3. The molecule has 1 N–H and O–H groups in total. The molecule has 3 aromatic rings. The van der Waals surface area contributed by atoms with Crippen LogP contribution in [0.4, 0.5) is 0 Å². The van der Waals surface area contributed by atoms with Gasteiger partial charge in [0.1, 0.15) is 18.1 Å². The molecule has 0 spiro atoms. The first kappa shape index (κ1) is 16.0. The maximum Gasteiger partial charge on any atom is 0.326 e. The second-order valence-corrected chi connectivity index (χ2v) is 5.97. The molecule has 1 aliphatic rings. The number of aromatic nitrogens is 5. The van der Waals surface area contributed by atoms with E-state index in [2.05, 4.69) is 15.5 Å². The number of hydrogen-bond donors (Lipinski definition) is 1. The highest BCUT2D eigenvalue weighted by Crippen LogP contribution is 2.32. The fourth-order valence-electron chi connectivity index (χ4n) is 3.33. The molecule has 3 heterocycles. The van der Waals surface area contributed by atoms with Gasteiger partial charge in [-0.3, -0.25) is 9.36 Å². The van der Waals surface area contributed by atoms with Gasteiger partial charge in [0, 0.05) is 17.3 Å². The van der Waals surface area contributed by atoms with Crippen molar-refractivity contribution in [1.82, 2.24) is 24.8 Å². The van der Waals surface area contributed by atoms with Crippen molar-refractivity contribution in [3.05, 3.63) is 52.7 Å². The topological polar surface area (TPSA) is 112 Å². The molecule has 1 atom stereocenters. The van der Waals surface area contributed by atoms with E-state index in [9.17, 15) is 14.7 Å². The van der Waals surface area contributed by atoms with Crippen molar-refractivity contribution in [2.45, 2.75) is 18.9 Å². The van der Waals surface area contributed by atoms with Gasteiger partial charge in [0.2, 0.25) is 0 Å². The zero-order valence-corrected chi connectivity index (χ0v) is 13.9. The van der Waals surface area contributed by atoms with Crippen LogP contribution in [-0.4, -0.2) is 43.0 Å². The Hall–Kier alpha value is -3.49. The Bertz CT molecular complexity index is 1040. The van der Waals surface area contributed by atoms with Crippen molar-refractivity contribution in [2.24, 2.45) is 0 Å². The summed E-state index contributed by atoms with van der Waals surface area (Å²) in [7, 11) is 1.56. The molecule has 0 radical (unpaired) electrons. The number of aliphatic carboxylic acids is 1. The predicted molar refractivity (Wildman–Crippen MR) is 90.4 cm³/mol. The zero-order valence-electron chi connectivity index (χ0n) is 13.9. The molecule has 0 amide bonds. The van der Waals surface area contributed by atoms with Crippen LogP contribution in [0.5, 0.6) is 5.75 Å². The van der Waals surface area contributed by atoms with E-state index in [-0.39, 0.29) is 5.56 Å². The number of carboxylic acids is 1. The summed E-state index contributed by atoms with van der Waals surface area (Å²) < 4.78 is 8.15. The molecule has 0 saturated heterocycles. The van der Waals surface area contributed by atoms with E-state index in [0.29, 0.717) is 35.5 Å². The average molecular weight is 353 g/mol. The number of methoxy groups -OCH3 is 1. The van der Waals surface area contributed by atoms with E-state index >= 15 is 0 Å². The molecule has 1 aromatic carbocycles. The van der Waals surface area contributed by atoms with E-state index in [1.807, 2.05) is 6.07 Å². The Kier molecular flexibility index (Phi) is 3.76. The highest BCUT2D eigenvalue weighted by atomic mass is 16.5. The Morgan fingerprint density at radius 3 is 2.85 bits per heavy atom. The van der Waals surface area contributed by atoms with Crippen molar-refractivity contribution in [2.75, 3.05) is 7.11 Å². The summed E-state index contributed by atoms with van der Waals surface area (Å²) in [6, 6.07) is 7.85. The van der Waals surface area contributed by atoms with Crippen LogP contribution in [-0.2, 0) is 11.2 Å². The molecule has 0 bridgehead atoms. The molecule has 0 fully saturated rings. The first-order chi connectivity index (χ1) is 12.6. The van der Waals surface area contributed by atoms with Gasteiger partial charge in [-0.2, -0.15) is 4.68 Å². The highest BCUT2D eigenvalue weighted by molar-refractivity contribution is 5.76. The van der Waals surface area contributed by atoms with Crippen LogP contribution in [0.3, 0.4) is 0 Å². The Balaban J connectivity index is 1.90. The van der Waals surface area contributed by atoms with Crippen molar-refractivity contribution in [1.29, 1.82) is 0 Å². The predicted octanol–water partition coefficient (Wildman–Crippen LogP) is 1.07. The number of carbonyl (C=O) groups is 1. The number of benzene rings is 1. The van der Waals surface area contributed by atoms with Crippen molar-refractivity contribution in [3.63, 3.8) is 0 Å². The monoisotopic (exact) mass is 353 g/mol. The number of nitrogens with zero attached hydrogens (tertiary/aromatic N) is 5. The van der Waals surface area contributed by atoms with Crippen LogP contribution in [0.1, 0.15) is 18.2 Å². The van der Waals surface area contributed by atoms with Gasteiger partial charge in [0.15, 0.2) is 0 Å². The first-order valence-corrected chi connectivity index (χ1v) is 7.98. The minimum absolute atomic E-state index is 0.340. The number of aryl methyl sites for hydroxylation is 1. The molecule has 9 nitrogen and oxygen atoms in total. The molecular formula is C17H15N5O4. The molecule has 1 aliphatic heterocycles. The van der Waals surface area contributed by atoms with Gasteiger partial charge in [-0.1, -0.05) is 0 Å². The van der Waals surface area contributed by atoms with E-state index in [4.69, 9.17) is 4.74 Å². The SMILES string of the molecule is COc1ccc(-n2cnnn2)c(-c2cc3n(c(=O)c2)[C@H](C(=O)O)CC3)c1. The second kappa shape index (κ2) is 6.10. The summed E-state index contributed by atoms with van der Waals surface area (Å²) in [6.07, 6.45) is 2.40. The molecule has 4 rings (SSSR count). The van der Waals surface area contributed by atoms with Crippen LogP contribution in [0.2, 0.25) is 0 Å². The van der Waals surface area contributed by atoms with Crippen LogP contribution in [0, 0.1) is 0 Å². The summed E-state index contributed by atoms with van der Waals surface area (Å²) in [5, 5.41) is 20.5. The fraction of sp³-hybridized carbons (Fsp3) is 0.235. The van der Waals surface area contributed by atoms with Gasteiger partial charge >= 0.3 is 5.97 Å². The maximum atomic E-state index is 12.6. The lowest BCUT2D eigenvalue weighted by atomic mass is 10.0. The van der Waals surface area contributed by atoms with Gasteiger partial charge in [-0.25, -0.2) is 4.79 Å². The summed E-state index contributed by atoms with van der Waals surface area (Å²) in [6.45, 7) is 0. The molecule has 0 aliphatic carbocycles. The van der Waals surface area contributed by atoms with Gasteiger partial charge < -0.3 is 9.84 Å². The Morgan fingerprint density at radius 2 is 2.15 bits per heavy atom. The van der Waals surface area contributed by atoms with Crippen LogP contribution < -0.4 is 10.3 Å². The Morgan fingerprint density at radius 1 is 1.31 bits per heavy atom. The van der Waals surface area contributed by atoms with Crippen molar-refractivity contribution < 1.29 is 14.6 Å². The highest BCUT2D eigenvalue weighted by Gasteiger charge is 2.29. The van der Waals surface area contributed by atoms with E-state index < -0.39 is 12.0 Å². The van der Waals surface area contributed by atoms with Gasteiger partial charge in [0.25, 0.3) is 5.56 Å². The smallest absolute Gasteiger partial charge is 0.326 e. The largest absolute Gasteiger partial charge is 0.497 e. The van der Waals surface area contributed by atoms with Gasteiger partial charge in [-0.15, -0.1) is 5.10 Å². The minimum Gasteiger partial charge on any atom is -0.497 e. The number of ether oxygens (including phenoxy) is 1. The van der Waals surface area contributed by atoms with Crippen molar-refractivity contribution >= 4 is 5.97 Å². The van der Waals surface area contributed by atoms with Gasteiger partial charge in [-0.05, 0) is 53.1 Å². The Labute approximate surface area is 147 Å². The quantitative estimate of drug-likeness (QED) is 0.746. The summed E-state index contributed by atoms with van der Waals surface area (Å²) in [4.78, 5) is 24.0. The molecule has 2 aromatic heterocycles. The third-order valence-electron chi connectivity index (χ3n) is 4.53. The first-order valence-electron chi connectivity index (χ1n) is 7.98. The number of fused-ring (bicyclic) bond motifs is 1. The number of hydrogen-bond acceptors (Lipinski definition) is 6. The third kappa shape index (κ3) is 2.53. The standard InChI is InChI=1S/C17H15N5O4/c1-26-12-3-5-14(21-9-18-19-20-21)13(8-12)10-6-11-2-4-15(17(24)25)22(11)16(23)7-10/h3,5-9,15H,2,4H2,1H3,(H,24,25)/t15-/m0/s1. The lowest BCUT2D eigenvalue weighted by Crippen LogP contribution is -2.27. The lowest BCUT2D eigenvalue weighted by molar-refractivity contribution is -0.140. The van der Waals surface area contributed by atoms with Crippen molar-refractivity contribution in [3.8, 4) is 22.6 Å². The maximum absolute atomic E-state index is 12.6. The summed E-state index contributed by atoms with van der Waals surface area (Å²) >= 11 is 0. The van der Waals surface area contributed by atoms with E-state index in [1.165, 1.54) is 21.6 Å². The molecule has 26 heavy (non-hydrogen) atoms. The molecule has 9 heteroatoms. The molecule has 0 saturated carbocycles. The van der Waals surface area contributed by atoms with Crippen LogP contribution in [0.15, 0.2) is 41.5 Å². The fourth-order valence-corrected chi connectivity index (χ4v) is 3.33. The lowest BCUT2D eigenvalue weighted by Gasteiger charge is -2.14. The number of tetrazole rings is 1. The number of carboxylic acid groups (broad SMARTS) is 1.